The number of carbonyl (C=O) groups is 1. The first-order valence-corrected chi connectivity index (χ1v) is 9.10. The van der Waals surface area contributed by atoms with Crippen LogP contribution < -0.4 is 0 Å². The molecule has 1 atom stereocenters. The number of amides is 1. The normalized spacial score (nSPS) is 17.6. The van der Waals surface area contributed by atoms with Crippen molar-refractivity contribution in [2.75, 3.05) is 6.54 Å². The van der Waals surface area contributed by atoms with Crippen LogP contribution in [0.5, 0.6) is 0 Å². The maximum absolute atomic E-state index is 13.3. The standard InChI is InChI=1S/C18H19ClN6O/c1-11-15(9-12-8-13(19)5-6-16(12)20-11)18(26)25-7-3-2-4-14(25)10-17-21-23-24-22-17/h5-6,8-9,14H,2-4,7,10H2,1H3,(H,21,22,23,24). The third-order valence-corrected chi connectivity index (χ3v) is 5.13. The molecule has 3 heterocycles. The Labute approximate surface area is 155 Å². The van der Waals surface area contributed by atoms with E-state index in [1.807, 2.05) is 36.1 Å². The molecule has 1 N–H and O–H groups in total. The number of carbonyl (C=O) groups excluding carboxylic acids is 1. The number of fused-ring (bicyclic) bond motifs is 1. The minimum Gasteiger partial charge on any atom is -0.335 e. The summed E-state index contributed by atoms with van der Waals surface area (Å²) in [6, 6.07) is 7.49. The summed E-state index contributed by atoms with van der Waals surface area (Å²) in [5.41, 5.74) is 2.19. The van der Waals surface area contributed by atoms with Gasteiger partial charge in [0.25, 0.3) is 5.91 Å². The van der Waals surface area contributed by atoms with Gasteiger partial charge in [0, 0.05) is 29.4 Å². The number of hydrogen-bond acceptors (Lipinski definition) is 5. The summed E-state index contributed by atoms with van der Waals surface area (Å²) in [4.78, 5) is 19.8. The van der Waals surface area contributed by atoms with Gasteiger partial charge in [-0.3, -0.25) is 9.78 Å². The number of aromatic nitrogens is 5. The molecular weight excluding hydrogens is 352 g/mol. The van der Waals surface area contributed by atoms with Crippen LogP contribution in [0.2, 0.25) is 5.02 Å². The van der Waals surface area contributed by atoms with Gasteiger partial charge in [-0.25, -0.2) is 0 Å². The van der Waals surface area contributed by atoms with Gasteiger partial charge in [0.15, 0.2) is 5.82 Å². The van der Waals surface area contributed by atoms with Crippen molar-refractivity contribution in [1.82, 2.24) is 30.5 Å². The van der Waals surface area contributed by atoms with Crippen molar-refractivity contribution in [2.24, 2.45) is 0 Å². The molecule has 1 fully saturated rings. The van der Waals surface area contributed by atoms with Gasteiger partial charge in [0.05, 0.1) is 16.8 Å². The van der Waals surface area contributed by atoms with Crippen molar-refractivity contribution in [1.29, 1.82) is 0 Å². The number of likely N-dealkylation sites (tertiary alicyclic amines) is 1. The SMILES string of the molecule is Cc1nc2ccc(Cl)cc2cc1C(=O)N1CCCCC1Cc1nn[nH]n1. The van der Waals surface area contributed by atoms with Crippen molar-refractivity contribution in [2.45, 2.75) is 38.6 Å². The highest BCUT2D eigenvalue weighted by atomic mass is 35.5. The number of benzene rings is 1. The Morgan fingerprint density at radius 1 is 1.35 bits per heavy atom. The van der Waals surface area contributed by atoms with E-state index in [0.29, 0.717) is 22.8 Å². The summed E-state index contributed by atoms with van der Waals surface area (Å²) in [5.74, 6) is 0.639. The van der Waals surface area contributed by atoms with Crippen LogP contribution >= 0.6 is 11.6 Å². The summed E-state index contributed by atoms with van der Waals surface area (Å²) in [6.07, 6.45) is 3.64. The van der Waals surface area contributed by atoms with E-state index in [4.69, 9.17) is 11.6 Å². The molecule has 26 heavy (non-hydrogen) atoms. The number of pyridine rings is 1. The molecule has 0 radical (unpaired) electrons. The molecule has 1 aliphatic rings. The Bertz CT molecular complexity index is 942. The van der Waals surface area contributed by atoms with E-state index in [2.05, 4.69) is 25.6 Å². The molecular formula is C18H19ClN6O. The first kappa shape index (κ1) is 16.9. The molecule has 7 nitrogen and oxygen atoms in total. The minimum absolute atomic E-state index is 0.00469. The van der Waals surface area contributed by atoms with Gasteiger partial charge < -0.3 is 4.90 Å². The maximum Gasteiger partial charge on any atom is 0.255 e. The van der Waals surface area contributed by atoms with E-state index in [1.54, 1.807) is 0 Å². The van der Waals surface area contributed by atoms with Gasteiger partial charge in [0.2, 0.25) is 0 Å². The lowest BCUT2D eigenvalue weighted by molar-refractivity contribution is 0.0610. The zero-order chi connectivity index (χ0) is 18.1. The molecule has 0 bridgehead atoms. The Morgan fingerprint density at radius 3 is 3.04 bits per heavy atom. The van der Waals surface area contributed by atoms with E-state index in [-0.39, 0.29) is 11.9 Å². The highest BCUT2D eigenvalue weighted by molar-refractivity contribution is 6.31. The number of aryl methyl sites for hydroxylation is 1. The van der Waals surface area contributed by atoms with Crippen LogP contribution in [-0.2, 0) is 6.42 Å². The molecule has 1 aliphatic heterocycles. The second kappa shape index (κ2) is 6.99. The van der Waals surface area contributed by atoms with Gasteiger partial charge in [0.1, 0.15) is 0 Å². The number of nitrogens with zero attached hydrogens (tertiary/aromatic N) is 5. The van der Waals surface area contributed by atoms with Crippen molar-refractivity contribution < 1.29 is 4.79 Å². The van der Waals surface area contributed by atoms with Gasteiger partial charge in [-0.05, 0) is 50.5 Å². The number of H-pyrrole nitrogens is 1. The summed E-state index contributed by atoms with van der Waals surface area (Å²) in [5, 5.41) is 15.7. The highest BCUT2D eigenvalue weighted by Gasteiger charge is 2.29. The predicted octanol–water partition coefficient (Wildman–Crippen LogP) is 2.95. The van der Waals surface area contributed by atoms with Crippen LogP contribution in [-0.4, -0.2) is 49.0 Å². The van der Waals surface area contributed by atoms with Crippen LogP contribution in [0.1, 0.15) is 41.1 Å². The van der Waals surface area contributed by atoms with Crippen molar-refractivity contribution in [3.63, 3.8) is 0 Å². The highest BCUT2D eigenvalue weighted by Crippen LogP contribution is 2.25. The van der Waals surface area contributed by atoms with E-state index >= 15 is 0 Å². The van der Waals surface area contributed by atoms with E-state index in [0.717, 1.165) is 42.4 Å². The quantitative estimate of drug-likeness (QED) is 0.765. The Kier molecular flexibility index (Phi) is 4.55. The van der Waals surface area contributed by atoms with E-state index in [9.17, 15) is 4.79 Å². The topological polar surface area (TPSA) is 87.7 Å². The summed E-state index contributed by atoms with van der Waals surface area (Å²) >= 11 is 6.10. The molecule has 1 unspecified atom stereocenters. The number of rotatable bonds is 3. The van der Waals surface area contributed by atoms with Gasteiger partial charge >= 0.3 is 0 Å². The lowest BCUT2D eigenvalue weighted by Crippen LogP contribution is -2.45. The lowest BCUT2D eigenvalue weighted by Gasteiger charge is -2.35. The van der Waals surface area contributed by atoms with E-state index < -0.39 is 0 Å². The molecule has 1 amide bonds. The number of piperidine rings is 1. The van der Waals surface area contributed by atoms with Crippen LogP contribution in [0.25, 0.3) is 10.9 Å². The molecule has 2 aromatic heterocycles. The zero-order valence-corrected chi connectivity index (χ0v) is 15.2. The molecule has 1 saturated heterocycles. The third kappa shape index (κ3) is 3.26. The van der Waals surface area contributed by atoms with E-state index in [1.165, 1.54) is 0 Å². The summed E-state index contributed by atoms with van der Waals surface area (Å²) in [7, 11) is 0. The molecule has 1 aromatic carbocycles. The average molecular weight is 371 g/mol. The van der Waals surface area contributed by atoms with Gasteiger partial charge in [-0.15, -0.1) is 10.2 Å². The molecule has 0 aliphatic carbocycles. The second-order valence-electron chi connectivity index (χ2n) is 6.64. The third-order valence-electron chi connectivity index (χ3n) is 4.89. The Hall–Kier alpha value is -2.54. The van der Waals surface area contributed by atoms with Crippen molar-refractivity contribution >= 4 is 28.4 Å². The van der Waals surface area contributed by atoms with Crippen molar-refractivity contribution in [3.05, 3.63) is 46.4 Å². The number of tetrazole rings is 1. The van der Waals surface area contributed by atoms with Crippen molar-refractivity contribution in [3.8, 4) is 0 Å². The van der Waals surface area contributed by atoms with Gasteiger partial charge in [-0.1, -0.05) is 16.8 Å². The molecule has 0 spiro atoms. The predicted molar refractivity (Wildman–Crippen MR) is 98.0 cm³/mol. The fraction of sp³-hybridized carbons (Fsp3) is 0.389. The average Bonchev–Trinajstić information content (AvgIpc) is 3.14. The Morgan fingerprint density at radius 2 is 2.23 bits per heavy atom. The van der Waals surface area contributed by atoms with Gasteiger partial charge in [-0.2, -0.15) is 5.21 Å². The lowest BCUT2D eigenvalue weighted by atomic mass is 9.97. The second-order valence-corrected chi connectivity index (χ2v) is 7.08. The minimum atomic E-state index is 0.00469. The first-order chi connectivity index (χ1) is 12.6. The largest absolute Gasteiger partial charge is 0.335 e. The van der Waals surface area contributed by atoms with Crippen LogP contribution in [0, 0.1) is 6.92 Å². The summed E-state index contributed by atoms with van der Waals surface area (Å²) < 4.78 is 0. The molecule has 0 saturated carbocycles. The Balaban J connectivity index is 1.66. The number of aromatic amines is 1. The molecule has 4 rings (SSSR count). The monoisotopic (exact) mass is 370 g/mol. The fourth-order valence-electron chi connectivity index (χ4n) is 3.57. The first-order valence-electron chi connectivity index (χ1n) is 8.72. The molecule has 3 aromatic rings. The number of hydrogen-bond donors (Lipinski definition) is 1. The van der Waals surface area contributed by atoms with Crippen LogP contribution in [0.4, 0.5) is 0 Å². The maximum atomic E-state index is 13.3. The molecule has 134 valence electrons. The van der Waals surface area contributed by atoms with Crippen LogP contribution in [0.3, 0.4) is 0 Å². The smallest absolute Gasteiger partial charge is 0.255 e. The molecule has 8 heteroatoms. The number of halogens is 1. The zero-order valence-electron chi connectivity index (χ0n) is 14.4. The number of nitrogens with one attached hydrogen (secondary N) is 1. The van der Waals surface area contributed by atoms with Crippen LogP contribution in [0.15, 0.2) is 24.3 Å². The fourth-order valence-corrected chi connectivity index (χ4v) is 3.76. The summed E-state index contributed by atoms with van der Waals surface area (Å²) in [6.45, 7) is 2.60.